The van der Waals surface area contributed by atoms with E-state index < -0.39 is 9.75 Å². The molecule has 0 amide bonds. The van der Waals surface area contributed by atoms with E-state index in [4.69, 9.17) is 27.9 Å². The van der Waals surface area contributed by atoms with Crippen LogP contribution in [0.15, 0.2) is 18.2 Å². The second kappa shape index (κ2) is 3.89. The van der Waals surface area contributed by atoms with Crippen LogP contribution in [0, 0.1) is 19.3 Å². The minimum atomic E-state index is -0.985. The van der Waals surface area contributed by atoms with Gasteiger partial charge in [-0.1, -0.05) is 18.2 Å². The molecular formula is C13H14Cl2O2. The van der Waals surface area contributed by atoms with Gasteiger partial charge in [-0.3, -0.25) is 4.79 Å². The molecule has 0 heterocycles. The van der Waals surface area contributed by atoms with Crippen molar-refractivity contribution in [3.63, 3.8) is 0 Å². The van der Waals surface area contributed by atoms with Crippen LogP contribution in [0.4, 0.5) is 0 Å². The van der Waals surface area contributed by atoms with Crippen molar-refractivity contribution in [3.8, 4) is 5.75 Å². The molecule has 1 atom stereocenters. The molecule has 0 saturated heterocycles. The van der Waals surface area contributed by atoms with Crippen LogP contribution >= 0.6 is 23.2 Å². The number of alkyl halides is 2. The van der Waals surface area contributed by atoms with Gasteiger partial charge in [0.1, 0.15) is 15.5 Å². The van der Waals surface area contributed by atoms with Crippen molar-refractivity contribution in [1.29, 1.82) is 0 Å². The Labute approximate surface area is 111 Å². The first-order valence-corrected chi connectivity index (χ1v) is 6.20. The minimum Gasteiger partial charge on any atom is -0.425 e. The molecule has 1 aliphatic rings. The second-order valence-electron chi connectivity index (χ2n) is 4.82. The molecule has 0 radical (unpaired) electrons. The molecule has 0 aliphatic heterocycles. The van der Waals surface area contributed by atoms with Crippen molar-refractivity contribution in [2.24, 2.45) is 5.41 Å². The van der Waals surface area contributed by atoms with Gasteiger partial charge >= 0.3 is 5.97 Å². The lowest BCUT2D eigenvalue weighted by Crippen LogP contribution is -2.24. The van der Waals surface area contributed by atoms with Gasteiger partial charge < -0.3 is 4.74 Å². The third kappa shape index (κ3) is 2.04. The van der Waals surface area contributed by atoms with Crippen LogP contribution in [0.3, 0.4) is 0 Å². The first kappa shape index (κ1) is 12.7. The molecule has 92 valence electrons. The van der Waals surface area contributed by atoms with Crippen molar-refractivity contribution < 1.29 is 9.53 Å². The Hall–Kier alpha value is -0.730. The summed E-state index contributed by atoms with van der Waals surface area (Å²) in [6.45, 7) is 5.53. The molecule has 0 bridgehead atoms. The van der Waals surface area contributed by atoms with E-state index in [1.54, 1.807) is 6.92 Å². The summed E-state index contributed by atoms with van der Waals surface area (Å²) in [6, 6.07) is 5.73. The van der Waals surface area contributed by atoms with Gasteiger partial charge in [-0.2, -0.15) is 0 Å². The third-order valence-corrected chi connectivity index (χ3v) is 4.41. The molecular weight excluding hydrogens is 259 g/mol. The van der Waals surface area contributed by atoms with Gasteiger partial charge in [-0.25, -0.2) is 0 Å². The molecule has 0 N–H and O–H groups in total. The third-order valence-electron chi connectivity index (χ3n) is 3.31. The summed E-state index contributed by atoms with van der Waals surface area (Å²) in [5.74, 6) is 0.245. The number of ether oxygens (including phenoxy) is 1. The predicted molar refractivity (Wildman–Crippen MR) is 68.7 cm³/mol. The van der Waals surface area contributed by atoms with E-state index in [1.165, 1.54) is 0 Å². The predicted octanol–water partition coefficient (Wildman–Crippen LogP) is 3.79. The highest BCUT2D eigenvalue weighted by Gasteiger charge is 2.69. The maximum Gasteiger partial charge on any atom is 0.320 e. The number of carbonyl (C=O) groups is 1. The zero-order valence-corrected chi connectivity index (χ0v) is 11.5. The van der Waals surface area contributed by atoms with Crippen molar-refractivity contribution >= 4 is 29.2 Å². The number of hydrogen-bond donors (Lipinski definition) is 0. The summed E-state index contributed by atoms with van der Waals surface area (Å²) in [4.78, 5) is 12.0. The highest BCUT2D eigenvalue weighted by Crippen LogP contribution is 2.64. The van der Waals surface area contributed by atoms with Crippen molar-refractivity contribution in [3.05, 3.63) is 29.3 Å². The maximum atomic E-state index is 12.0. The Balaban J connectivity index is 2.21. The minimum absolute atomic E-state index is 0.361. The van der Waals surface area contributed by atoms with E-state index in [0.29, 0.717) is 12.2 Å². The monoisotopic (exact) mass is 272 g/mol. The van der Waals surface area contributed by atoms with Gasteiger partial charge in [0, 0.05) is 6.42 Å². The molecule has 1 fully saturated rings. The van der Waals surface area contributed by atoms with Gasteiger partial charge in [-0.05, 0) is 31.9 Å². The Morgan fingerprint density at radius 1 is 1.29 bits per heavy atom. The lowest BCUT2D eigenvalue weighted by molar-refractivity contribution is -0.139. The molecule has 1 unspecified atom stereocenters. The van der Waals surface area contributed by atoms with Crippen LogP contribution < -0.4 is 4.74 Å². The van der Waals surface area contributed by atoms with E-state index in [9.17, 15) is 4.79 Å². The van der Waals surface area contributed by atoms with Gasteiger partial charge in [0.25, 0.3) is 0 Å². The van der Waals surface area contributed by atoms with Crippen LogP contribution in [-0.2, 0) is 4.79 Å². The molecule has 2 nitrogen and oxygen atoms in total. The number of carbonyl (C=O) groups excluding carboxylic acids is 1. The molecule has 0 aromatic heterocycles. The number of hydrogen-bond acceptors (Lipinski definition) is 2. The number of aryl methyl sites for hydroxylation is 2. The first-order valence-electron chi connectivity index (χ1n) is 5.44. The maximum absolute atomic E-state index is 12.0. The number of benzene rings is 1. The molecule has 1 aromatic carbocycles. The topological polar surface area (TPSA) is 26.3 Å². The second-order valence-corrected chi connectivity index (χ2v) is 6.31. The van der Waals surface area contributed by atoms with Crippen molar-refractivity contribution in [2.75, 3.05) is 0 Å². The van der Waals surface area contributed by atoms with Crippen LogP contribution in [-0.4, -0.2) is 10.3 Å². The number of esters is 1. The molecule has 0 spiro atoms. The SMILES string of the molecule is Cc1cccc(C)c1OC(=O)C1(C)CC1(Cl)Cl. The van der Waals surface area contributed by atoms with Crippen molar-refractivity contribution in [2.45, 2.75) is 31.5 Å². The van der Waals surface area contributed by atoms with Gasteiger partial charge in [0.2, 0.25) is 0 Å². The summed E-state index contributed by atoms with van der Waals surface area (Å²) >= 11 is 11.9. The fourth-order valence-electron chi connectivity index (χ4n) is 1.79. The first-order chi connectivity index (χ1) is 7.78. The number of halogens is 2. The Morgan fingerprint density at radius 3 is 2.18 bits per heavy atom. The quantitative estimate of drug-likeness (QED) is 0.465. The molecule has 1 saturated carbocycles. The number of rotatable bonds is 2. The van der Waals surface area contributed by atoms with Crippen LogP contribution in [0.2, 0.25) is 0 Å². The zero-order chi connectivity index (χ0) is 12.8. The van der Waals surface area contributed by atoms with Crippen molar-refractivity contribution in [1.82, 2.24) is 0 Å². The highest BCUT2D eigenvalue weighted by molar-refractivity contribution is 6.53. The van der Waals surface area contributed by atoms with E-state index in [0.717, 1.165) is 11.1 Å². The van der Waals surface area contributed by atoms with Gasteiger partial charge in [-0.15, -0.1) is 23.2 Å². The van der Waals surface area contributed by atoms with Gasteiger partial charge in [0.15, 0.2) is 0 Å². The van der Waals surface area contributed by atoms with Crippen LogP contribution in [0.1, 0.15) is 24.5 Å². The molecule has 4 heteroatoms. The molecule has 1 aromatic rings. The summed E-state index contributed by atoms with van der Waals surface area (Å²) in [5, 5.41) is 0. The van der Waals surface area contributed by atoms with Gasteiger partial charge in [0.05, 0.1) is 0 Å². The summed E-state index contributed by atoms with van der Waals surface area (Å²) < 4.78 is 4.45. The van der Waals surface area contributed by atoms with E-state index in [2.05, 4.69) is 0 Å². The Morgan fingerprint density at radius 2 is 1.76 bits per heavy atom. The average Bonchev–Trinajstić information content (AvgIpc) is 2.73. The number of para-hydroxylation sites is 1. The Kier molecular flexibility index (Phi) is 2.91. The Bertz CT molecular complexity index is 462. The highest BCUT2D eigenvalue weighted by atomic mass is 35.5. The van der Waals surface area contributed by atoms with Crippen LogP contribution in [0.5, 0.6) is 5.75 Å². The molecule has 2 rings (SSSR count). The summed E-state index contributed by atoms with van der Waals surface area (Å²) in [7, 11) is 0. The summed E-state index contributed by atoms with van der Waals surface area (Å²) in [5.41, 5.74) is 1.07. The molecule has 1 aliphatic carbocycles. The zero-order valence-electron chi connectivity index (χ0n) is 10.0. The largest absolute Gasteiger partial charge is 0.425 e. The fraction of sp³-hybridized carbons (Fsp3) is 0.462. The summed E-state index contributed by atoms with van der Waals surface area (Å²) in [6.07, 6.45) is 0.437. The smallest absolute Gasteiger partial charge is 0.320 e. The lowest BCUT2D eigenvalue weighted by Gasteiger charge is -2.14. The molecule has 17 heavy (non-hydrogen) atoms. The van der Waals surface area contributed by atoms with Crippen LogP contribution in [0.25, 0.3) is 0 Å². The van der Waals surface area contributed by atoms with E-state index in [-0.39, 0.29) is 5.97 Å². The van der Waals surface area contributed by atoms with E-state index in [1.807, 2.05) is 32.0 Å². The fourth-order valence-corrected chi connectivity index (χ4v) is 2.48. The normalized spacial score (nSPS) is 25.5. The average molecular weight is 273 g/mol. The van der Waals surface area contributed by atoms with E-state index >= 15 is 0 Å². The lowest BCUT2D eigenvalue weighted by atomic mass is 10.1. The standard InChI is InChI=1S/C13H14Cl2O2/c1-8-5-4-6-9(2)10(8)17-11(16)12(3)7-13(12,14)15/h4-6H,7H2,1-3H3.